The second-order valence-electron chi connectivity index (χ2n) is 6.62. The van der Waals surface area contributed by atoms with Crippen molar-refractivity contribution in [3.8, 4) is 5.75 Å². The number of furan rings is 1. The normalized spacial score (nSPS) is 15.6. The van der Waals surface area contributed by atoms with E-state index in [9.17, 15) is 9.59 Å². The number of nitrogens with zero attached hydrogens (tertiary/aromatic N) is 1. The number of nitrogens with one attached hydrogen (secondary N) is 1. The van der Waals surface area contributed by atoms with E-state index in [1.165, 1.54) is 6.26 Å². The number of carbonyl (C=O) groups excluding carboxylic acids is 2. The Morgan fingerprint density at radius 2 is 1.89 bits per heavy atom. The average Bonchev–Trinajstić information content (AvgIpc) is 3.27. The van der Waals surface area contributed by atoms with E-state index in [-0.39, 0.29) is 17.6 Å². The Morgan fingerprint density at radius 3 is 2.64 bits per heavy atom. The number of rotatable bonds is 4. The molecule has 0 spiro atoms. The molecule has 1 aliphatic heterocycles. The first-order chi connectivity index (χ1) is 13.7. The molecule has 0 aliphatic carbocycles. The zero-order valence-corrected chi connectivity index (χ0v) is 15.4. The summed E-state index contributed by atoms with van der Waals surface area (Å²) < 4.78 is 10.5. The minimum Gasteiger partial charge on any atom is -0.497 e. The van der Waals surface area contributed by atoms with Gasteiger partial charge >= 0.3 is 0 Å². The van der Waals surface area contributed by atoms with Crippen LogP contribution in [0.3, 0.4) is 0 Å². The number of methoxy groups -OCH3 is 1. The number of anilines is 1. The fraction of sp³-hybridized carbons (Fsp3) is 0.182. The number of fused-ring (bicyclic) bond motifs is 1. The van der Waals surface area contributed by atoms with Gasteiger partial charge in [-0.15, -0.1) is 0 Å². The number of hydrogen-bond donors (Lipinski definition) is 1. The van der Waals surface area contributed by atoms with Crippen molar-refractivity contribution in [1.29, 1.82) is 0 Å². The summed E-state index contributed by atoms with van der Waals surface area (Å²) in [4.78, 5) is 27.6. The van der Waals surface area contributed by atoms with Gasteiger partial charge in [0.2, 0.25) is 5.91 Å². The molecule has 2 amide bonds. The number of ether oxygens (including phenoxy) is 1. The van der Waals surface area contributed by atoms with Crippen LogP contribution in [0.4, 0.5) is 5.69 Å². The van der Waals surface area contributed by atoms with Gasteiger partial charge in [0.1, 0.15) is 11.8 Å². The Hall–Kier alpha value is -3.54. The van der Waals surface area contributed by atoms with Gasteiger partial charge in [0, 0.05) is 24.7 Å². The molecule has 2 aromatic carbocycles. The maximum absolute atomic E-state index is 13.1. The molecule has 0 fully saturated rings. The zero-order chi connectivity index (χ0) is 19.5. The third-order valence-electron chi connectivity index (χ3n) is 4.88. The summed E-state index contributed by atoms with van der Waals surface area (Å²) in [6, 6.07) is 17.6. The molecule has 2 heterocycles. The smallest absolute Gasteiger partial charge is 0.290 e. The van der Waals surface area contributed by atoms with Crippen LogP contribution in [0.1, 0.15) is 21.7 Å². The van der Waals surface area contributed by atoms with Crippen molar-refractivity contribution < 1.29 is 18.7 Å². The van der Waals surface area contributed by atoms with Crippen molar-refractivity contribution in [3.05, 3.63) is 83.8 Å². The molecular formula is C22H20N2O4. The Kier molecular flexibility index (Phi) is 4.85. The van der Waals surface area contributed by atoms with Crippen LogP contribution in [0, 0.1) is 0 Å². The first-order valence-corrected chi connectivity index (χ1v) is 9.02. The lowest BCUT2D eigenvalue weighted by atomic mass is 9.93. The summed E-state index contributed by atoms with van der Waals surface area (Å²) in [6.07, 6.45) is 1.90. The highest BCUT2D eigenvalue weighted by Gasteiger charge is 2.36. The molecule has 1 N–H and O–H groups in total. The molecule has 0 saturated heterocycles. The molecule has 0 unspecified atom stereocenters. The Labute approximate surface area is 162 Å². The molecule has 4 rings (SSSR count). The molecule has 0 radical (unpaired) electrons. The first-order valence-electron chi connectivity index (χ1n) is 9.02. The number of amides is 2. The standard InChI is InChI=1S/C22H20N2O4/c1-27-18-9-4-8-17(13-18)23-21(25)19-12-15-6-2-3-7-16(15)14-24(19)22(26)20-10-5-11-28-20/h2-11,13,19H,12,14H2,1H3,(H,23,25)/t19-/m0/s1. The molecule has 6 heteroatoms. The van der Waals surface area contributed by atoms with E-state index in [2.05, 4.69) is 5.32 Å². The Bertz CT molecular complexity index is 997. The third-order valence-corrected chi connectivity index (χ3v) is 4.88. The fourth-order valence-corrected chi connectivity index (χ4v) is 3.44. The van der Waals surface area contributed by atoms with E-state index in [1.54, 1.807) is 48.4 Å². The number of carbonyl (C=O) groups is 2. The van der Waals surface area contributed by atoms with Crippen LogP contribution in [0.2, 0.25) is 0 Å². The molecule has 28 heavy (non-hydrogen) atoms. The molecular weight excluding hydrogens is 356 g/mol. The summed E-state index contributed by atoms with van der Waals surface area (Å²) in [7, 11) is 1.57. The highest BCUT2D eigenvalue weighted by molar-refractivity contribution is 6.00. The van der Waals surface area contributed by atoms with Gasteiger partial charge in [-0.2, -0.15) is 0 Å². The zero-order valence-electron chi connectivity index (χ0n) is 15.4. The molecule has 0 bridgehead atoms. The van der Waals surface area contributed by atoms with Crippen molar-refractivity contribution in [3.63, 3.8) is 0 Å². The predicted molar refractivity (Wildman–Crippen MR) is 104 cm³/mol. The van der Waals surface area contributed by atoms with Crippen LogP contribution in [0.15, 0.2) is 71.3 Å². The van der Waals surface area contributed by atoms with Crippen LogP contribution in [0.5, 0.6) is 5.75 Å². The van der Waals surface area contributed by atoms with Gasteiger partial charge in [-0.05, 0) is 35.4 Å². The summed E-state index contributed by atoms with van der Waals surface area (Å²) >= 11 is 0. The van der Waals surface area contributed by atoms with E-state index >= 15 is 0 Å². The molecule has 1 atom stereocenters. The highest BCUT2D eigenvalue weighted by Crippen LogP contribution is 2.26. The van der Waals surface area contributed by atoms with Crippen molar-refractivity contribution in [2.45, 2.75) is 19.0 Å². The summed E-state index contributed by atoms with van der Waals surface area (Å²) in [6.45, 7) is 0.353. The van der Waals surface area contributed by atoms with Crippen LogP contribution >= 0.6 is 0 Å². The van der Waals surface area contributed by atoms with Crippen LogP contribution in [-0.4, -0.2) is 29.9 Å². The summed E-state index contributed by atoms with van der Waals surface area (Å²) in [5.41, 5.74) is 2.72. The van der Waals surface area contributed by atoms with Gasteiger partial charge in [-0.3, -0.25) is 9.59 Å². The molecule has 0 saturated carbocycles. The van der Waals surface area contributed by atoms with Crippen molar-refractivity contribution in [2.24, 2.45) is 0 Å². The van der Waals surface area contributed by atoms with Gasteiger partial charge in [0.15, 0.2) is 5.76 Å². The Balaban J connectivity index is 1.63. The number of hydrogen-bond acceptors (Lipinski definition) is 4. The lowest BCUT2D eigenvalue weighted by molar-refractivity contribution is -0.121. The second kappa shape index (κ2) is 7.60. The van der Waals surface area contributed by atoms with Gasteiger partial charge in [-0.25, -0.2) is 0 Å². The largest absolute Gasteiger partial charge is 0.497 e. The topological polar surface area (TPSA) is 71.8 Å². The van der Waals surface area contributed by atoms with E-state index in [1.807, 2.05) is 24.3 Å². The van der Waals surface area contributed by atoms with Gasteiger partial charge in [0.05, 0.1) is 13.4 Å². The Morgan fingerprint density at radius 1 is 1.07 bits per heavy atom. The van der Waals surface area contributed by atoms with E-state index < -0.39 is 6.04 Å². The molecule has 3 aromatic rings. The first kappa shape index (κ1) is 17.9. The van der Waals surface area contributed by atoms with E-state index in [4.69, 9.17) is 9.15 Å². The monoisotopic (exact) mass is 376 g/mol. The van der Waals surface area contributed by atoms with Crippen LogP contribution < -0.4 is 10.1 Å². The van der Waals surface area contributed by atoms with Crippen LogP contribution in [0.25, 0.3) is 0 Å². The van der Waals surface area contributed by atoms with Crippen molar-refractivity contribution in [2.75, 3.05) is 12.4 Å². The van der Waals surface area contributed by atoms with Gasteiger partial charge < -0.3 is 19.4 Å². The SMILES string of the molecule is COc1cccc(NC(=O)[C@@H]2Cc3ccccc3CN2C(=O)c2ccco2)c1. The molecule has 6 nitrogen and oxygen atoms in total. The number of benzene rings is 2. The highest BCUT2D eigenvalue weighted by atomic mass is 16.5. The average molecular weight is 376 g/mol. The predicted octanol–water partition coefficient (Wildman–Crippen LogP) is 3.49. The lowest BCUT2D eigenvalue weighted by Gasteiger charge is -2.35. The van der Waals surface area contributed by atoms with E-state index in [0.29, 0.717) is 24.4 Å². The molecule has 1 aromatic heterocycles. The molecule has 142 valence electrons. The quantitative estimate of drug-likeness (QED) is 0.757. The maximum Gasteiger partial charge on any atom is 0.290 e. The van der Waals surface area contributed by atoms with Crippen LogP contribution in [-0.2, 0) is 17.8 Å². The minimum absolute atomic E-state index is 0.221. The summed E-state index contributed by atoms with van der Waals surface area (Å²) in [5, 5.41) is 2.90. The lowest BCUT2D eigenvalue weighted by Crippen LogP contribution is -2.50. The second-order valence-corrected chi connectivity index (χ2v) is 6.62. The fourth-order valence-electron chi connectivity index (χ4n) is 3.44. The minimum atomic E-state index is -0.640. The van der Waals surface area contributed by atoms with Crippen molar-refractivity contribution in [1.82, 2.24) is 4.90 Å². The van der Waals surface area contributed by atoms with Gasteiger partial charge in [-0.1, -0.05) is 30.3 Å². The van der Waals surface area contributed by atoms with E-state index in [0.717, 1.165) is 11.1 Å². The molecule has 1 aliphatic rings. The maximum atomic E-state index is 13.1. The van der Waals surface area contributed by atoms with Crippen molar-refractivity contribution >= 4 is 17.5 Å². The summed E-state index contributed by atoms with van der Waals surface area (Å²) in [5.74, 6) is 0.321. The van der Waals surface area contributed by atoms with Gasteiger partial charge in [0.25, 0.3) is 5.91 Å². The third kappa shape index (κ3) is 3.49.